The molecule has 1 unspecified atom stereocenters. The third-order valence-electron chi connectivity index (χ3n) is 1.72. The smallest absolute Gasteiger partial charge is 0.0159 e. The van der Waals surface area contributed by atoms with E-state index in [0.717, 1.165) is 12.3 Å². The SMILES string of the molecule is CCC(C)CC(C=S)C=S. The van der Waals surface area contributed by atoms with Gasteiger partial charge >= 0.3 is 0 Å². The van der Waals surface area contributed by atoms with Crippen LogP contribution in [0.3, 0.4) is 0 Å². The van der Waals surface area contributed by atoms with E-state index in [-0.39, 0.29) is 0 Å². The molecule has 0 fully saturated rings. The summed E-state index contributed by atoms with van der Waals surface area (Å²) in [7, 11) is 0. The van der Waals surface area contributed by atoms with Crippen LogP contribution < -0.4 is 0 Å². The lowest BCUT2D eigenvalue weighted by Crippen LogP contribution is -2.06. The van der Waals surface area contributed by atoms with Gasteiger partial charge in [-0.05, 0) is 23.1 Å². The first-order valence-corrected chi connectivity index (χ1v) is 4.59. The van der Waals surface area contributed by atoms with Crippen LogP contribution in [0.4, 0.5) is 0 Å². The summed E-state index contributed by atoms with van der Waals surface area (Å²) in [5.41, 5.74) is 0. The topological polar surface area (TPSA) is 0 Å². The Labute approximate surface area is 74.0 Å². The lowest BCUT2D eigenvalue weighted by Gasteiger charge is -2.10. The van der Waals surface area contributed by atoms with Crippen molar-refractivity contribution in [2.24, 2.45) is 11.8 Å². The van der Waals surface area contributed by atoms with Crippen molar-refractivity contribution in [1.82, 2.24) is 0 Å². The molecule has 0 aromatic rings. The quantitative estimate of drug-likeness (QED) is 0.588. The maximum atomic E-state index is 4.82. The van der Waals surface area contributed by atoms with Gasteiger partial charge in [0, 0.05) is 5.92 Å². The van der Waals surface area contributed by atoms with Gasteiger partial charge in [-0.15, -0.1) is 0 Å². The van der Waals surface area contributed by atoms with E-state index in [1.165, 1.54) is 6.42 Å². The summed E-state index contributed by atoms with van der Waals surface area (Å²) in [6, 6.07) is 0. The van der Waals surface area contributed by atoms with Crippen molar-refractivity contribution >= 4 is 35.2 Å². The fraction of sp³-hybridized carbons (Fsp3) is 0.750. The highest BCUT2D eigenvalue weighted by molar-refractivity contribution is 7.80. The van der Waals surface area contributed by atoms with E-state index >= 15 is 0 Å². The molecular formula is C8H14S2. The molecule has 0 aromatic carbocycles. The van der Waals surface area contributed by atoms with Crippen molar-refractivity contribution in [1.29, 1.82) is 0 Å². The Morgan fingerprint density at radius 3 is 2.10 bits per heavy atom. The van der Waals surface area contributed by atoms with Crippen LogP contribution in [-0.2, 0) is 0 Å². The van der Waals surface area contributed by atoms with E-state index in [2.05, 4.69) is 13.8 Å². The molecule has 0 bridgehead atoms. The van der Waals surface area contributed by atoms with E-state index in [1.54, 1.807) is 10.7 Å². The molecule has 1 atom stereocenters. The normalized spacial score (nSPS) is 13.1. The van der Waals surface area contributed by atoms with Crippen LogP contribution in [0.1, 0.15) is 26.7 Å². The molecule has 0 rings (SSSR count). The fourth-order valence-electron chi connectivity index (χ4n) is 0.774. The molecule has 0 saturated heterocycles. The second-order valence-electron chi connectivity index (χ2n) is 2.69. The van der Waals surface area contributed by atoms with Gasteiger partial charge in [-0.2, -0.15) is 0 Å². The minimum absolute atomic E-state index is 0.361. The average Bonchev–Trinajstić information content (AvgIpc) is 1.99. The average molecular weight is 174 g/mol. The van der Waals surface area contributed by atoms with Gasteiger partial charge in [-0.3, -0.25) is 0 Å². The lowest BCUT2D eigenvalue weighted by molar-refractivity contribution is 0.507. The molecule has 0 radical (unpaired) electrons. The van der Waals surface area contributed by atoms with Gasteiger partial charge in [0.25, 0.3) is 0 Å². The number of thiocarbonyl (C=S) groups is 2. The zero-order valence-corrected chi connectivity index (χ0v) is 8.17. The van der Waals surface area contributed by atoms with Crippen LogP contribution in [0, 0.1) is 11.8 Å². The molecule has 0 heterocycles. The molecule has 0 nitrogen and oxygen atoms in total. The molecule has 58 valence electrons. The number of hydrogen-bond acceptors (Lipinski definition) is 2. The van der Waals surface area contributed by atoms with E-state index in [4.69, 9.17) is 24.4 Å². The Morgan fingerprint density at radius 1 is 1.30 bits per heavy atom. The van der Waals surface area contributed by atoms with Gasteiger partial charge in [0.2, 0.25) is 0 Å². The van der Waals surface area contributed by atoms with Gasteiger partial charge in [-0.1, -0.05) is 44.7 Å². The van der Waals surface area contributed by atoms with Gasteiger partial charge in [-0.25, -0.2) is 0 Å². The van der Waals surface area contributed by atoms with Crippen LogP contribution in [0.25, 0.3) is 0 Å². The largest absolute Gasteiger partial charge is 0.0928 e. The molecule has 0 spiro atoms. The van der Waals surface area contributed by atoms with Crippen molar-refractivity contribution in [2.45, 2.75) is 26.7 Å². The van der Waals surface area contributed by atoms with Gasteiger partial charge in [0.05, 0.1) is 0 Å². The summed E-state index contributed by atoms with van der Waals surface area (Å²) in [5.74, 6) is 1.10. The molecule has 0 aliphatic rings. The highest BCUT2D eigenvalue weighted by Crippen LogP contribution is 2.12. The fourth-order valence-corrected chi connectivity index (χ4v) is 1.25. The van der Waals surface area contributed by atoms with Crippen LogP contribution >= 0.6 is 24.4 Å². The van der Waals surface area contributed by atoms with Gasteiger partial charge in [0.15, 0.2) is 0 Å². The van der Waals surface area contributed by atoms with E-state index < -0.39 is 0 Å². The third-order valence-corrected chi connectivity index (χ3v) is 2.42. The lowest BCUT2D eigenvalue weighted by atomic mass is 9.97. The van der Waals surface area contributed by atoms with Crippen LogP contribution in [0.15, 0.2) is 0 Å². The Kier molecular flexibility index (Phi) is 6.03. The monoisotopic (exact) mass is 174 g/mol. The molecular weight excluding hydrogens is 160 g/mol. The predicted octanol–water partition coefficient (Wildman–Crippen LogP) is 3.04. The Bertz CT molecular complexity index is 102. The van der Waals surface area contributed by atoms with Crippen molar-refractivity contribution in [3.8, 4) is 0 Å². The minimum Gasteiger partial charge on any atom is -0.0928 e. The first-order chi connectivity index (χ1) is 4.74. The molecule has 0 N–H and O–H groups in total. The Morgan fingerprint density at radius 2 is 1.80 bits per heavy atom. The Hall–Kier alpha value is 0.180. The third kappa shape index (κ3) is 4.07. The Balaban J connectivity index is 3.61. The second kappa shape index (κ2) is 5.93. The van der Waals surface area contributed by atoms with Crippen LogP contribution in [0.5, 0.6) is 0 Å². The van der Waals surface area contributed by atoms with Crippen LogP contribution in [0.2, 0.25) is 0 Å². The molecule has 2 heteroatoms. The summed E-state index contributed by atoms with van der Waals surface area (Å²) >= 11 is 9.63. The minimum atomic E-state index is 0.361. The molecule has 0 aliphatic carbocycles. The van der Waals surface area contributed by atoms with Gasteiger partial charge in [0.1, 0.15) is 0 Å². The van der Waals surface area contributed by atoms with Crippen LogP contribution in [-0.4, -0.2) is 10.7 Å². The summed E-state index contributed by atoms with van der Waals surface area (Å²) in [6.45, 7) is 4.42. The second-order valence-corrected chi connectivity index (χ2v) is 3.23. The zero-order chi connectivity index (χ0) is 7.98. The number of rotatable bonds is 5. The maximum Gasteiger partial charge on any atom is 0.0159 e. The molecule has 0 amide bonds. The standard InChI is InChI=1S/C8H14S2/c1-3-7(2)4-8(5-9)6-10/h5-8H,3-4H2,1-2H3. The summed E-state index contributed by atoms with van der Waals surface area (Å²) in [5, 5.41) is 3.53. The molecule has 0 aliphatic heterocycles. The highest BCUT2D eigenvalue weighted by Gasteiger charge is 2.05. The van der Waals surface area contributed by atoms with Crippen molar-refractivity contribution in [3.63, 3.8) is 0 Å². The molecule has 10 heavy (non-hydrogen) atoms. The summed E-state index contributed by atoms with van der Waals surface area (Å²) < 4.78 is 0. The van der Waals surface area contributed by atoms with Gasteiger partial charge < -0.3 is 0 Å². The highest BCUT2D eigenvalue weighted by atomic mass is 32.1. The summed E-state index contributed by atoms with van der Waals surface area (Å²) in [4.78, 5) is 0. The van der Waals surface area contributed by atoms with Crippen molar-refractivity contribution < 1.29 is 0 Å². The first kappa shape index (κ1) is 10.2. The molecule has 0 saturated carbocycles. The van der Waals surface area contributed by atoms with E-state index in [1.807, 2.05) is 0 Å². The predicted molar refractivity (Wildman–Crippen MR) is 54.9 cm³/mol. The first-order valence-electron chi connectivity index (χ1n) is 3.65. The van der Waals surface area contributed by atoms with Crippen molar-refractivity contribution in [3.05, 3.63) is 0 Å². The molecule has 0 aromatic heterocycles. The zero-order valence-electron chi connectivity index (χ0n) is 6.54. The van der Waals surface area contributed by atoms with Crippen molar-refractivity contribution in [2.75, 3.05) is 0 Å². The summed E-state index contributed by atoms with van der Waals surface area (Å²) in [6.07, 6.45) is 2.33. The maximum absolute atomic E-state index is 4.82. The number of hydrogen-bond donors (Lipinski definition) is 0. The van der Waals surface area contributed by atoms with E-state index in [0.29, 0.717) is 5.92 Å². The van der Waals surface area contributed by atoms with E-state index in [9.17, 15) is 0 Å².